The number of rotatable bonds is 0. The van der Waals surface area contributed by atoms with Crippen LogP contribution in [0.1, 0.15) is 0 Å². The highest BCUT2D eigenvalue weighted by Gasteiger charge is 2.06. The maximum absolute atomic E-state index is 11.8. The van der Waals surface area contributed by atoms with Crippen molar-refractivity contribution in [1.82, 2.24) is 4.98 Å². The van der Waals surface area contributed by atoms with E-state index in [2.05, 4.69) is 4.98 Å². The van der Waals surface area contributed by atoms with Crippen molar-refractivity contribution >= 4 is 33.3 Å². The van der Waals surface area contributed by atoms with Gasteiger partial charge in [-0.3, -0.25) is 4.79 Å². The van der Waals surface area contributed by atoms with Crippen molar-refractivity contribution in [1.29, 1.82) is 0 Å². The van der Waals surface area contributed by atoms with E-state index in [1.165, 1.54) is 0 Å². The molecule has 0 fully saturated rings. The van der Waals surface area contributed by atoms with Gasteiger partial charge in [-0.15, -0.1) is 0 Å². The summed E-state index contributed by atoms with van der Waals surface area (Å²) >= 11 is 6.16. The van der Waals surface area contributed by atoms with Crippen molar-refractivity contribution in [3.8, 4) is 0 Å². The first-order valence-electron chi connectivity index (χ1n) is 4.96. The molecule has 0 aliphatic carbocycles. The van der Waals surface area contributed by atoms with Crippen molar-refractivity contribution < 1.29 is 0 Å². The minimum atomic E-state index is -0.101. The Morgan fingerprint density at radius 2 is 1.69 bits per heavy atom. The fourth-order valence-corrected chi connectivity index (χ4v) is 2.26. The summed E-state index contributed by atoms with van der Waals surface area (Å²) in [6.45, 7) is 0. The van der Waals surface area contributed by atoms with Gasteiger partial charge in [0, 0.05) is 26.7 Å². The second-order valence-electron chi connectivity index (χ2n) is 3.66. The van der Waals surface area contributed by atoms with Gasteiger partial charge in [0.05, 0.1) is 0 Å². The summed E-state index contributed by atoms with van der Waals surface area (Å²) in [6.07, 6.45) is 0. The Bertz CT molecular complexity index is 746. The van der Waals surface area contributed by atoms with Gasteiger partial charge in [0.1, 0.15) is 0 Å². The molecule has 2 aromatic carbocycles. The number of fused-ring (bicyclic) bond motifs is 3. The molecule has 2 nitrogen and oxygen atoms in total. The predicted octanol–water partition coefficient (Wildman–Crippen LogP) is 3.33. The molecule has 0 spiro atoms. The number of para-hydroxylation sites is 1. The van der Waals surface area contributed by atoms with E-state index in [1.807, 2.05) is 24.3 Å². The molecule has 1 aromatic heterocycles. The number of H-pyrrole nitrogens is 1. The minimum Gasteiger partial charge on any atom is -0.321 e. The summed E-state index contributed by atoms with van der Waals surface area (Å²) in [4.78, 5) is 14.7. The summed E-state index contributed by atoms with van der Waals surface area (Å²) in [5.41, 5.74) is 0.712. The first kappa shape index (κ1) is 9.43. The molecule has 1 heterocycles. The van der Waals surface area contributed by atoms with Crippen LogP contribution in [0.5, 0.6) is 0 Å². The van der Waals surface area contributed by atoms with Crippen LogP contribution in [0.15, 0.2) is 47.3 Å². The lowest BCUT2D eigenvalue weighted by molar-refractivity contribution is 1.34. The molecule has 0 radical (unpaired) electrons. The van der Waals surface area contributed by atoms with E-state index < -0.39 is 0 Å². The Kier molecular flexibility index (Phi) is 1.98. The number of hydrogen-bond acceptors (Lipinski definition) is 1. The molecule has 78 valence electrons. The highest BCUT2D eigenvalue weighted by atomic mass is 35.5. The van der Waals surface area contributed by atoms with Gasteiger partial charge in [-0.05, 0) is 18.2 Å². The van der Waals surface area contributed by atoms with E-state index in [0.717, 1.165) is 16.3 Å². The lowest BCUT2D eigenvalue weighted by Crippen LogP contribution is -2.06. The number of aromatic nitrogens is 1. The zero-order valence-corrected chi connectivity index (χ0v) is 9.08. The van der Waals surface area contributed by atoms with Gasteiger partial charge < -0.3 is 4.98 Å². The number of aromatic amines is 1. The first-order valence-corrected chi connectivity index (χ1v) is 5.34. The Morgan fingerprint density at radius 3 is 2.56 bits per heavy atom. The molecule has 0 saturated carbocycles. The van der Waals surface area contributed by atoms with Gasteiger partial charge in [-0.25, -0.2) is 0 Å². The van der Waals surface area contributed by atoms with Gasteiger partial charge >= 0.3 is 0 Å². The summed E-state index contributed by atoms with van der Waals surface area (Å²) in [6, 6.07) is 13.0. The molecule has 16 heavy (non-hydrogen) atoms. The first-order chi connectivity index (χ1) is 7.77. The summed E-state index contributed by atoms with van der Waals surface area (Å²) in [5.74, 6) is 0. The third-order valence-corrected chi connectivity index (χ3v) is 3.02. The van der Waals surface area contributed by atoms with E-state index in [-0.39, 0.29) is 5.56 Å². The molecule has 0 atom stereocenters. The van der Waals surface area contributed by atoms with Crippen molar-refractivity contribution in [2.24, 2.45) is 0 Å². The van der Waals surface area contributed by atoms with Crippen LogP contribution in [0, 0.1) is 0 Å². The zero-order valence-electron chi connectivity index (χ0n) is 8.33. The molecular weight excluding hydrogens is 222 g/mol. The van der Waals surface area contributed by atoms with Crippen LogP contribution in [-0.2, 0) is 0 Å². The lowest BCUT2D eigenvalue weighted by atomic mass is 10.1. The van der Waals surface area contributed by atoms with E-state index in [0.29, 0.717) is 10.4 Å². The van der Waals surface area contributed by atoms with Crippen molar-refractivity contribution in [3.05, 3.63) is 57.8 Å². The maximum Gasteiger partial charge on any atom is 0.256 e. The van der Waals surface area contributed by atoms with E-state index >= 15 is 0 Å². The summed E-state index contributed by atoms with van der Waals surface area (Å²) in [7, 11) is 0. The third kappa shape index (κ3) is 1.24. The monoisotopic (exact) mass is 229 g/mol. The molecule has 3 heteroatoms. The van der Waals surface area contributed by atoms with Gasteiger partial charge in [0.25, 0.3) is 5.56 Å². The smallest absolute Gasteiger partial charge is 0.256 e. The van der Waals surface area contributed by atoms with Gasteiger partial charge in [-0.2, -0.15) is 0 Å². The molecule has 0 saturated heterocycles. The van der Waals surface area contributed by atoms with Gasteiger partial charge in [0.15, 0.2) is 0 Å². The largest absolute Gasteiger partial charge is 0.321 e. The number of hydrogen-bond donors (Lipinski definition) is 1. The molecule has 3 aromatic rings. The second-order valence-corrected chi connectivity index (χ2v) is 4.07. The number of halogens is 1. The van der Waals surface area contributed by atoms with Gasteiger partial charge in [0.2, 0.25) is 0 Å². The molecule has 0 aliphatic heterocycles. The Balaban J connectivity index is 2.73. The van der Waals surface area contributed by atoms with Crippen molar-refractivity contribution in [3.63, 3.8) is 0 Å². The minimum absolute atomic E-state index is 0.101. The third-order valence-electron chi connectivity index (χ3n) is 2.70. The Morgan fingerprint density at radius 1 is 0.938 bits per heavy atom. The van der Waals surface area contributed by atoms with Crippen LogP contribution in [0.4, 0.5) is 0 Å². The summed E-state index contributed by atoms with van der Waals surface area (Å²) in [5, 5.41) is 3.04. The van der Waals surface area contributed by atoms with Crippen LogP contribution in [-0.4, -0.2) is 4.98 Å². The molecule has 1 N–H and O–H groups in total. The van der Waals surface area contributed by atoms with Crippen LogP contribution < -0.4 is 5.56 Å². The average Bonchev–Trinajstić information content (AvgIpc) is 2.30. The van der Waals surface area contributed by atoms with Crippen LogP contribution in [0.2, 0.25) is 5.02 Å². The molecule has 0 amide bonds. The molecule has 0 aliphatic rings. The van der Waals surface area contributed by atoms with Crippen molar-refractivity contribution in [2.75, 3.05) is 0 Å². The van der Waals surface area contributed by atoms with E-state index in [9.17, 15) is 4.79 Å². The number of nitrogens with one attached hydrogen (secondary N) is 1. The van der Waals surface area contributed by atoms with E-state index in [4.69, 9.17) is 11.6 Å². The normalized spacial score (nSPS) is 11.1. The predicted molar refractivity (Wildman–Crippen MR) is 67.1 cm³/mol. The lowest BCUT2D eigenvalue weighted by Gasteiger charge is -2.04. The molecule has 0 bridgehead atoms. The second kappa shape index (κ2) is 3.35. The highest BCUT2D eigenvalue weighted by molar-refractivity contribution is 6.37. The highest BCUT2D eigenvalue weighted by Crippen LogP contribution is 2.27. The zero-order chi connectivity index (χ0) is 11.1. The quantitative estimate of drug-likeness (QED) is 0.590. The molecular formula is C13H8ClNO. The SMILES string of the molecule is O=c1[nH]c2ccccc2c2c(Cl)cccc12. The average molecular weight is 230 g/mol. The van der Waals surface area contributed by atoms with Crippen LogP contribution in [0.25, 0.3) is 21.7 Å². The topological polar surface area (TPSA) is 32.9 Å². The molecule has 0 unspecified atom stereocenters. The maximum atomic E-state index is 11.8. The fourth-order valence-electron chi connectivity index (χ4n) is 1.99. The van der Waals surface area contributed by atoms with E-state index in [1.54, 1.807) is 18.2 Å². The Hall–Kier alpha value is -1.80. The fraction of sp³-hybridized carbons (Fsp3) is 0. The molecule has 3 rings (SSSR count). The number of pyridine rings is 1. The Labute approximate surface area is 96.5 Å². The van der Waals surface area contributed by atoms with Crippen LogP contribution in [0.3, 0.4) is 0 Å². The van der Waals surface area contributed by atoms with Crippen LogP contribution >= 0.6 is 11.6 Å². The van der Waals surface area contributed by atoms with Crippen molar-refractivity contribution in [2.45, 2.75) is 0 Å². The number of benzene rings is 2. The van der Waals surface area contributed by atoms with Gasteiger partial charge in [-0.1, -0.05) is 35.9 Å². The summed E-state index contributed by atoms with van der Waals surface area (Å²) < 4.78 is 0. The standard InChI is InChI=1S/C13H8ClNO/c14-10-6-3-5-9-12(10)8-4-1-2-7-11(8)15-13(9)16/h1-7H,(H,15,16).